The molecule has 0 aliphatic carbocycles. The van der Waals surface area contributed by atoms with Crippen LogP contribution in [-0.2, 0) is 16.4 Å². The standard InChI is InChI=1S/C24H25NO3S/c26-23-18-29(27,28)17-22(23)25(16-19-10-4-1-5-11-19)24(20-12-6-2-7-13-20)21-14-8-3-9-15-21/h1-15,22-24,26H,16-18H2/t22-,23+/m1/s1. The highest BCUT2D eigenvalue weighted by molar-refractivity contribution is 7.91. The lowest BCUT2D eigenvalue weighted by Crippen LogP contribution is -2.45. The molecule has 0 bridgehead atoms. The van der Waals surface area contributed by atoms with Gasteiger partial charge >= 0.3 is 0 Å². The molecular weight excluding hydrogens is 382 g/mol. The number of hydrogen-bond donors (Lipinski definition) is 1. The fourth-order valence-corrected chi connectivity index (χ4v) is 5.98. The van der Waals surface area contributed by atoms with Gasteiger partial charge in [-0.1, -0.05) is 91.0 Å². The van der Waals surface area contributed by atoms with Crippen LogP contribution in [0.3, 0.4) is 0 Å². The van der Waals surface area contributed by atoms with E-state index in [1.807, 2.05) is 66.7 Å². The Hall–Kier alpha value is -2.47. The van der Waals surface area contributed by atoms with Gasteiger partial charge in [-0.05, 0) is 16.7 Å². The van der Waals surface area contributed by atoms with Crippen molar-refractivity contribution in [2.75, 3.05) is 11.5 Å². The molecule has 0 spiro atoms. The van der Waals surface area contributed by atoms with E-state index >= 15 is 0 Å². The Kier molecular flexibility index (Phi) is 5.81. The molecule has 29 heavy (non-hydrogen) atoms. The lowest BCUT2D eigenvalue weighted by molar-refractivity contribution is 0.0582. The number of benzene rings is 3. The first-order valence-electron chi connectivity index (χ1n) is 9.81. The van der Waals surface area contributed by atoms with Crippen LogP contribution < -0.4 is 0 Å². The molecule has 0 saturated carbocycles. The van der Waals surface area contributed by atoms with E-state index in [9.17, 15) is 13.5 Å². The number of rotatable bonds is 6. The Labute approximate surface area is 172 Å². The quantitative estimate of drug-likeness (QED) is 0.680. The van der Waals surface area contributed by atoms with E-state index in [4.69, 9.17) is 0 Å². The molecule has 1 heterocycles. The number of aliphatic hydroxyl groups is 1. The zero-order valence-electron chi connectivity index (χ0n) is 16.1. The summed E-state index contributed by atoms with van der Waals surface area (Å²) < 4.78 is 24.6. The van der Waals surface area contributed by atoms with Crippen LogP contribution in [-0.4, -0.2) is 42.1 Å². The topological polar surface area (TPSA) is 57.6 Å². The minimum atomic E-state index is -3.27. The van der Waals surface area contributed by atoms with Crippen LogP contribution in [0.25, 0.3) is 0 Å². The van der Waals surface area contributed by atoms with Gasteiger partial charge < -0.3 is 5.11 Å². The number of aliphatic hydroxyl groups excluding tert-OH is 1. The van der Waals surface area contributed by atoms with E-state index in [1.165, 1.54) is 0 Å². The number of sulfone groups is 1. The minimum Gasteiger partial charge on any atom is -0.390 e. The molecule has 1 fully saturated rings. The molecule has 1 aliphatic heterocycles. The van der Waals surface area contributed by atoms with E-state index < -0.39 is 22.0 Å². The monoisotopic (exact) mass is 407 g/mol. The van der Waals surface area contributed by atoms with Crippen LogP contribution in [0, 0.1) is 0 Å². The van der Waals surface area contributed by atoms with Crippen molar-refractivity contribution in [3.05, 3.63) is 108 Å². The molecule has 0 aromatic heterocycles. The van der Waals surface area contributed by atoms with Crippen molar-refractivity contribution < 1.29 is 13.5 Å². The molecular formula is C24H25NO3S. The van der Waals surface area contributed by atoms with Gasteiger partial charge in [0.25, 0.3) is 0 Å². The first-order valence-corrected chi connectivity index (χ1v) is 11.6. The molecule has 0 unspecified atom stereocenters. The summed E-state index contributed by atoms with van der Waals surface area (Å²) in [5.41, 5.74) is 3.23. The fourth-order valence-electron chi connectivity index (χ4n) is 4.17. The highest BCUT2D eigenvalue weighted by Gasteiger charge is 2.42. The number of nitrogens with zero attached hydrogens (tertiary/aromatic N) is 1. The zero-order valence-corrected chi connectivity index (χ0v) is 16.9. The maximum atomic E-state index is 12.3. The Morgan fingerprint density at radius 2 is 1.28 bits per heavy atom. The summed E-state index contributed by atoms with van der Waals surface area (Å²) in [6.45, 7) is 0.548. The normalized spacial score (nSPS) is 20.9. The van der Waals surface area contributed by atoms with Crippen molar-refractivity contribution in [2.24, 2.45) is 0 Å². The minimum absolute atomic E-state index is 0.0306. The summed E-state index contributed by atoms with van der Waals surface area (Å²) >= 11 is 0. The molecule has 3 aromatic rings. The van der Waals surface area contributed by atoms with Crippen molar-refractivity contribution in [1.82, 2.24) is 4.90 Å². The smallest absolute Gasteiger partial charge is 0.154 e. The Morgan fingerprint density at radius 3 is 1.72 bits per heavy atom. The lowest BCUT2D eigenvalue weighted by atomic mass is 9.94. The molecule has 150 valence electrons. The van der Waals surface area contributed by atoms with Crippen LogP contribution in [0.5, 0.6) is 0 Å². The second kappa shape index (κ2) is 8.49. The van der Waals surface area contributed by atoms with E-state index in [-0.39, 0.29) is 17.5 Å². The summed E-state index contributed by atoms with van der Waals surface area (Å²) in [7, 11) is -3.27. The largest absolute Gasteiger partial charge is 0.390 e. The third kappa shape index (κ3) is 4.58. The molecule has 0 radical (unpaired) electrons. The van der Waals surface area contributed by atoms with Crippen molar-refractivity contribution in [3.63, 3.8) is 0 Å². The first-order chi connectivity index (χ1) is 14.0. The van der Waals surface area contributed by atoms with Gasteiger partial charge in [0.2, 0.25) is 0 Å². The maximum absolute atomic E-state index is 12.3. The Balaban J connectivity index is 1.82. The average Bonchev–Trinajstić information content (AvgIpc) is 3.02. The summed E-state index contributed by atoms with van der Waals surface area (Å²) in [4.78, 5) is 2.15. The van der Waals surface area contributed by atoms with Gasteiger partial charge in [0.05, 0.1) is 29.7 Å². The van der Waals surface area contributed by atoms with Gasteiger partial charge in [-0.2, -0.15) is 0 Å². The molecule has 4 nitrogen and oxygen atoms in total. The van der Waals surface area contributed by atoms with Crippen molar-refractivity contribution in [2.45, 2.75) is 24.7 Å². The molecule has 4 rings (SSSR count). The molecule has 1 aliphatic rings. The van der Waals surface area contributed by atoms with Gasteiger partial charge in [0, 0.05) is 6.54 Å². The van der Waals surface area contributed by atoms with Crippen LogP contribution in [0.1, 0.15) is 22.7 Å². The Morgan fingerprint density at radius 1 is 0.793 bits per heavy atom. The SMILES string of the molecule is O=S1(=O)C[C@@H](N(Cc2ccccc2)C(c2ccccc2)c2ccccc2)[C@@H](O)C1. The van der Waals surface area contributed by atoms with Crippen LogP contribution in [0.15, 0.2) is 91.0 Å². The van der Waals surface area contributed by atoms with E-state index in [0.29, 0.717) is 6.54 Å². The lowest BCUT2D eigenvalue weighted by Gasteiger charge is -2.38. The van der Waals surface area contributed by atoms with Gasteiger partial charge in [-0.15, -0.1) is 0 Å². The van der Waals surface area contributed by atoms with Gasteiger partial charge in [-0.3, -0.25) is 4.90 Å². The van der Waals surface area contributed by atoms with Gasteiger partial charge in [0.15, 0.2) is 9.84 Å². The maximum Gasteiger partial charge on any atom is 0.154 e. The summed E-state index contributed by atoms with van der Waals surface area (Å²) in [5.74, 6) is -0.212. The van der Waals surface area contributed by atoms with Crippen LogP contribution >= 0.6 is 0 Å². The van der Waals surface area contributed by atoms with Gasteiger partial charge in [0.1, 0.15) is 0 Å². The Bertz CT molecular complexity index is 984. The predicted octanol–water partition coefficient (Wildman–Crippen LogP) is 3.44. The van der Waals surface area contributed by atoms with E-state index in [2.05, 4.69) is 29.2 Å². The van der Waals surface area contributed by atoms with E-state index in [1.54, 1.807) is 0 Å². The highest BCUT2D eigenvalue weighted by Crippen LogP contribution is 2.35. The highest BCUT2D eigenvalue weighted by atomic mass is 32.2. The molecule has 2 atom stereocenters. The third-order valence-electron chi connectivity index (χ3n) is 5.49. The predicted molar refractivity (Wildman–Crippen MR) is 115 cm³/mol. The molecule has 3 aromatic carbocycles. The van der Waals surface area contributed by atoms with Gasteiger partial charge in [-0.25, -0.2) is 8.42 Å². The van der Waals surface area contributed by atoms with Crippen molar-refractivity contribution in [3.8, 4) is 0 Å². The first kappa shape index (κ1) is 19.8. The zero-order chi connectivity index (χ0) is 20.3. The molecule has 0 amide bonds. The van der Waals surface area contributed by atoms with Crippen LogP contribution in [0.4, 0.5) is 0 Å². The molecule has 1 N–H and O–H groups in total. The summed E-state index contributed by atoms with van der Waals surface area (Å²) in [6, 6.07) is 29.5. The number of hydrogen-bond acceptors (Lipinski definition) is 4. The van der Waals surface area contributed by atoms with E-state index in [0.717, 1.165) is 16.7 Å². The summed E-state index contributed by atoms with van der Waals surface area (Å²) in [6.07, 6.45) is -0.904. The fraction of sp³-hybridized carbons (Fsp3) is 0.250. The molecule has 5 heteroatoms. The van der Waals surface area contributed by atoms with Crippen molar-refractivity contribution in [1.29, 1.82) is 0 Å². The van der Waals surface area contributed by atoms with Crippen LogP contribution in [0.2, 0.25) is 0 Å². The van der Waals surface area contributed by atoms with Crippen molar-refractivity contribution >= 4 is 9.84 Å². The second-order valence-electron chi connectivity index (χ2n) is 7.59. The third-order valence-corrected chi connectivity index (χ3v) is 7.19. The average molecular weight is 408 g/mol. The second-order valence-corrected chi connectivity index (χ2v) is 9.75. The summed E-state index contributed by atoms with van der Waals surface area (Å²) in [5, 5.41) is 10.7. The molecule has 1 saturated heterocycles.